The monoisotopic (exact) mass is 2000 g/mol. The van der Waals surface area contributed by atoms with Gasteiger partial charge in [0.15, 0.2) is 23.0 Å². The lowest BCUT2D eigenvalue weighted by molar-refractivity contribution is 0.104. The Kier molecular flexibility index (Phi) is 86.4. The highest BCUT2D eigenvalue weighted by molar-refractivity contribution is 6.36. The highest BCUT2D eigenvalue weighted by Gasteiger charge is 2.29. The van der Waals surface area contributed by atoms with E-state index in [1.54, 1.807) is 0 Å². The first-order valence-electron chi connectivity index (χ1n) is 62.9. The molecule has 0 saturated heterocycles. The molecule has 0 saturated carbocycles. The number of rotatable bonds is 105. The second-order valence-electron chi connectivity index (χ2n) is 43.1. The molecule has 0 radical (unpaired) electrons. The van der Waals surface area contributed by atoms with Gasteiger partial charge in [0.2, 0.25) is 17.3 Å². The van der Waals surface area contributed by atoms with E-state index in [-0.39, 0.29) is 5.76 Å². The van der Waals surface area contributed by atoms with Crippen LogP contribution in [0.25, 0.3) is 5.76 Å². The molecule has 0 fully saturated rings. The molecule has 0 aliphatic rings. The number of benzene rings is 2. The quantitative estimate of drug-likeness (QED) is 0.0112. The van der Waals surface area contributed by atoms with Crippen molar-refractivity contribution in [2.45, 2.75) is 634 Å². The molecule has 4 rings (SSSR count). The largest absolute Gasteiger partial charge is 0.796 e. The summed E-state index contributed by atoms with van der Waals surface area (Å²) in [5, 5.41) is 0. The summed E-state index contributed by atoms with van der Waals surface area (Å²) in [6.45, 7) is 25.3. The predicted octanol–water partition coefficient (Wildman–Crippen LogP) is 42.7. The van der Waals surface area contributed by atoms with Crippen molar-refractivity contribution in [1.29, 1.82) is 0 Å². The molecule has 0 aliphatic carbocycles. The van der Waals surface area contributed by atoms with Crippen LogP contribution in [0.5, 0.6) is 34.5 Å². The summed E-state index contributed by atoms with van der Waals surface area (Å²) in [7, 11) is -3.22. The molecule has 4 aromatic rings. The molecular formula is C131H225BF2N2O8. The molecule has 0 atom stereocenters. The van der Waals surface area contributed by atoms with Crippen molar-refractivity contribution in [2.75, 3.05) is 39.6 Å². The number of aromatic amines is 2. The number of carbonyl (C=O) groups excluding carboxylic acids is 1. The number of aromatic nitrogens is 2. The highest BCUT2D eigenvalue weighted by atomic mass is 19.2. The third-order valence-electron chi connectivity index (χ3n) is 30.0. The fraction of sp³-hybridized carbons (Fsp3) is 0.794. The fourth-order valence-electron chi connectivity index (χ4n) is 20.9. The number of ketones is 1. The van der Waals surface area contributed by atoms with Gasteiger partial charge in [0, 0.05) is 17.2 Å². The number of unbranched alkanes of at least 4 members (excludes halogenated alkanes) is 78. The average Bonchev–Trinajstić information content (AvgIpc) is 1.64. The number of H-pyrrole nitrogens is 2. The maximum absolute atomic E-state index is 15.3. The molecule has 13 heteroatoms. The Hall–Kier alpha value is -5.95. The third kappa shape index (κ3) is 65.9. The van der Waals surface area contributed by atoms with Crippen molar-refractivity contribution in [3.8, 4) is 58.2 Å². The summed E-state index contributed by atoms with van der Waals surface area (Å²) in [4.78, 5) is 22.2. The topological polar surface area (TPSA) is 113 Å². The molecule has 0 amide bonds. The van der Waals surface area contributed by atoms with Gasteiger partial charge in [0.25, 0.3) is 0 Å². The number of allylic oxidation sites excluding steroid dienone is 1. The zero-order chi connectivity index (χ0) is 103. The van der Waals surface area contributed by atoms with Crippen molar-refractivity contribution in [3.63, 3.8) is 0 Å². The van der Waals surface area contributed by atoms with Crippen LogP contribution in [0, 0.1) is 23.7 Å². The van der Waals surface area contributed by atoms with E-state index < -0.39 is 13.3 Å². The molecule has 0 spiro atoms. The number of hydrogen-bond acceptors (Lipinski definition) is 8. The van der Waals surface area contributed by atoms with E-state index in [0.717, 1.165) is 105 Å². The van der Waals surface area contributed by atoms with Crippen LogP contribution in [0.1, 0.15) is 670 Å². The Morgan fingerprint density at radius 1 is 0.236 bits per heavy atom. The zero-order valence-corrected chi connectivity index (χ0v) is 96.0. The Labute approximate surface area is 888 Å². The number of hydrogen-bond donors (Lipinski definition) is 2. The van der Waals surface area contributed by atoms with E-state index in [0.29, 0.717) is 128 Å². The standard InChI is InChI=1S/C131H225BF2N2O8/c1-11-21-27-33-39-45-51-57-63-69-75-81-87-93-103-138-124-109-114(110-125(139-104-94-88-82-76-70-64-58-52-46-40-34-28-22-12-2)130(124)142-107-97-91-85-79-73-67-61-55-49-43-37-31-25-15-5)99-101-120-116(17-7)118(19-9)128(135-120)122(137)113-123(144-132(133)134)129-119(20-10)117(18-8)121(136-129)102-100-115-111-126(140-105-95-89-83-77-71-65-59-53-47-41-35-29-23-13-3)131(143-108-98-92-86-80-74-68-62-56-50-44-38-32-26-16-6)127(112-115)141-106-96-90-84-78-72-66-60-54-48-42-36-30-24-14-4/h109-113,135-136H,11-98,103-108H2,1-10H3/b123-113-. The van der Waals surface area contributed by atoms with Crippen molar-refractivity contribution in [3.05, 3.63) is 86.5 Å². The lowest BCUT2D eigenvalue weighted by atomic mass is 10.00. The summed E-state index contributed by atoms with van der Waals surface area (Å²) in [6, 6.07) is 8.07. The minimum Gasteiger partial charge on any atom is -0.503 e. The zero-order valence-electron chi connectivity index (χ0n) is 96.0. The fourth-order valence-corrected chi connectivity index (χ4v) is 20.9. The minimum atomic E-state index is -3.22. The van der Waals surface area contributed by atoms with Crippen molar-refractivity contribution in [1.82, 2.24) is 9.97 Å². The number of carbonyl (C=O) groups is 1. The van der Waals surface area contributed by atoms with Gasteiger partial charge < -0.3 is 43.0 Å². The molecule has 2 aromatic heterocycles. The van der Waals surface area contributed by atoms with Crippen LogP contribution >= 0.6 is 0 Å². The molecule has 0 bridgehead atoms. The van der Waals surface area contributed by atoms with Crippen molar-refractivity contribution in [2.24, 2.45) is 0 Å². The van der Waals surface area contributed by atoms with E-state index in [9.17, 15) is 0 Å². The Morgan fingerprint density at radius 2 is 0.410 bits per heavy atom. The number of ether oxygens (including phenoxy) is 6. The normalized spacial score (nSPS) is 11.5. The SMILES string of the molecule is CCCCCCCCCCCCCCCCOc1cc(C#Cc2[nH]c(C(=O)/C=C(\OB(F)F)c3[nH]c(C#Cc4cc(OCCCCCCCCCCCCCCCC)c(OCCCCCCCCCCCCCCCC)c(OCCCCCCCCCCCCCCCC)c4)c(CC)c3CC)c(CC)c2CC)cc(OCCCCCCCCCCCCCCCC)c1OCCCCCCCCCCCCCCCC. The molecule has 2 heterocycles. The summed E-state index contributed by atoms with van der Waals surface area (Å²) < 4.78 is 77.2. The summed E-state index contributed by atoms with van der Waals surface area (Å²) in [5.41, 5.74) is 6.55. The Morgan fingerprint density at radius 3 is 0.597 bits per heavy atom. The van der Waals surface area contributed by atoms with E-state index in [4.69, 9.17) is 33.1 Å². The Bertz CT molecular complexity index is 3690. The van der Waals surface area contributed by atoms with Gasteiger partial charge in [-0.2, -0.15) is 0 Å². The van der Waals surface area contributed by atoms with Crippen LogP contribution in [-0.4, -0.2) is 62.9 Å². The van der Waals surface area contributed by atoms with Crippen LogP contribution in [0.3, 0.4) is 0 Å². The minimum absolute atomic E-state index is 0.245. The summed E-state index contributed by atoms with van der Waals surface area (Å²) in [5.74, 6) is 17.2. The van der Waals surface area contributed by atoms with Crippen molar-refractivity contribution >= 4 is 19.0 Å². The molecule has 0 unspecified atom stereocenters. The molecule has 824 valence electrons. The molecule has 10 nitrogen and oxygen atoms in total. The predicted molar refractivity (Wildman–Crippen MR) is 620 cm³/mol. The van der Waals surface area contributed by atoms with Crippen LogP contribution < -0.4 is 28.4 Å². The van der Waals surface area contributed by atoms with Crippen molar-refractivity contribution < 1.29 is 46.5 Å². The van der Waals surface area contributed by atoms with Gasteiger partial charge in [-0.15, -0.1) is 0 Å². The molecule has 144 heavy (non-hydrogen) atoms. The van der Waals surface area contributed by atoms with Gasteiger partial charge in [-0.25, -0.2) is 8.63 Å². The number of nitrogens with one attached hydrogen (secondary N) is 2. The maximum Gasteiger partial charge on any atom is 0.796 e. The summed E-state index contributed by atoms with van der Waals surface area (Å²) in [6.07, 6.45) is 111. The van der Waals surface area contributed by atoms with Crippen LogP contribution in [0.4, 0.5) is 8.63 Å². The van der Waals surface area contributed by atoms with Gasteiger partial charge in [-0.3, -0.25) is 4.79 Å². The average molecular weight is 2010 g/mol. The van der Waals surface area contributed by atoms with Gasteiger partial charge >= 0.3 is 7.47 Å². The lowest BCUT2D eigenvalue weighted by Crippen LogP contribution is -2.09. The second-order valence-corrected chi connectivity index (χ2v) is 43.1. The van der Waals surface area contributed by atoms with E-state index >= 15 is 13.4 Å². The third-order valence-corrected chi connectivity index (χ3v) is 30.0. The van der Waals surface area contributed by atoms with Crippen LogP contribution in [0.2, 0.25) is 0 Å². The van der Waals surface area contributed by atoms with Crippen LogP contribution in [0.15, 0.2) is 30.3 Å². The van der Waals surface area contributed by atoms with E-state index in [2.05, 4.69) is 89.0 Å². The second kappa shape index (κ2) is 95.4. The van der Waals surface area contributed by atoms with Gasteiger partial charge in [0.1, 0.15) is 5.76 Å². The van der Waals surface area contributed by atoms with Gasteiger partial charge in [0.05, 0.1) is 62.4 Å². The molecule has 0 aliphatic heterocycles. The van der Waals surface area contributed by atoms with E-state index in [1.165, 1.54) is 468 Å². The molecule has 2 aromatic carbocycles. The smallest absolute Gasteiger partial charge is 0.503 e. The van der Waals surface area contributed by atoms with Gasteiger partial charge in [-0.05, 0) is 123 Å². The number of halogens is 2. The van der Waals surface area contributed by atoms with Crippen LogP contribution in [-0.2, 0) is 30.3 Å². The first kappa shape index (κ1) is 130. The Balaban J connectivity index is 1.74. The highest BCUT2D eigenvalue weighted by Crippen LogP contribution is 2.43. The molecular weight excluding hydrogens is 1780 g/mol. The summed E-state index contributed by atoms with van der Waals surface area (Å²) >= 11 is 0. The lowest BCUT2D eigenvalue weighted by Gasteiger charge is -2.18. The first-order valence-corrected chi connectivity index (χ1v) is 62.9. The molecule has 2 N–H and O–H groups in total. The maximum atomic E-state index is 15.3. The first-order chi connectivity index (χ1) is 71.1. The van der Waals surface area contributed by atoms with E-state index in [1.807, 2.05) is 38.1 Å². The van der Waals surface area contributed by atoms with Gasteiger partial charge in [-0.1, -0.05) is 582 Å².